The molecule has 1 aliphatic carbocycles. The molecule has 0 saturated heterocycles. The van der Waals surface area contributed by atoms with Gasteiger partial charge in [-0.15, -0.1) is 0 Å². The summed E-state index contributed by atoms with van der Waals surface area (Å²) >= 11 is 1.44. The van der Waals surface area contributed by atoms with E-state index >= 15 is 0 Å². The molecule has 5 rings (SSSR count). The molecule has 2 unspecified atom stereocenters. The number of aromatic nitrogens is 2. The van der Waals surface area contributed by atoms with Crippen molar-refractivity contribution in [3.63, 3.8) is 0 Å². The Bertz CT molecular complexity index is 2370. The van der Waals surface area contributed by atoms with E-state index in [1.807, 2.05) is 56.5 Å². The highest BCUT2D eigenvalue weighted by Gasteiger charge is 2.26. The number of nitriles is 1. The highest BCUT2D eigenvalue weighted by Crippen LogP contribution is 2.38. The number of aryl methyl sites for hydroxylation is 1. The maximum absolute atomic E-state index is 12.4. The molecule has 10 heteroatoms. The minimum absolute atomic E-state index is 0.103. The number of nitrogens with one attached hydrogen (secondary N) is 2. The van der Waals surface area contributed by atoms with Crippen molar-refractivity contribution in [3.8, 4) is 17.6 Å². The Morgan fingerprint density at radius 3 is 2.30 bits per heavy atom. The largest absolute Gasteiger partial charge is 0.492 e. The number of anilines is 2. The molecular formula is C56H73N5O4S. The zero-order valence-electron chi connectivity index (χ0n) is 41.3. The van der Waals surface area contributed by atoms with E-state index in [1.165, 1.54) is 29.5 Å². The van der Waals surface area contributed by atoms with Crippen LogP contribution in [0, 0.1) is 30.1 Å². The normalized spacial score (nSPS) is 12.9. The monoisotopic (exact) mass is 912 g/mol. The summed E-state index contributed by atoms with van der Waals surface area (Å²) in [7, 11) is 0. The van der Waals surface area contributed by atoms with Gasteiger partial charge in [0, 0.05) is 40.7 Å². The van der Waals surface area contributed by atoms with Crippen molar-refractivity contribution in [1.82, 2.24) is 9.97 Å². The summed E-state index contributed by atoms with van der Waals surface area (Å²) < 4.78 is 15.4. The molecule has 0 amide bonds. The molecule has 2 atom stereocenters. The van der Waals surface area contributed by atoms with E-state index in [0.717, 1.165) is 114 Å². The summed E-state index contributed by atoms with van der Waals surface area (Å²) in [6.45, 7) is 27.3. The molecule has 3 aromatic carbocycles. The minimum Gasteiger partial charge on any atom is -0.492 e. The van der Waals surface area contributed by atoms with E-state index in [9.17, 15) is 14.9 Å². The van der Waals surface area contributed by atoms with Crippen molar-refractivity contribution >= 4 is 35.2 Å². The Morgan fingerprint density at radius 2 is 1.70 bits per heavy atom. The Labute approximate surface area is 400 Å². The van der Waals surface area contributed by atoms with Crippen LogP contribution >= 0.6 is 11.9 Å². The molecule has 1 aromatic heterocycles. The second-order valence-electron chi connectivity index (χ2n) is 18.2. The average Bonchev–Trinajstić information content (AvgIpc) is 3.28. The lowest BCUT2D eigenvalue weighted by molar-refractivity contribution is -0.120. The first-order valence-corrected chi connectivity index (χ1v) is 24.7. The predicted octanol–water partition coefficient (Wildman–Crippen LogP) is 14.3. The van der Waals surface area contributed by atoms with Gasteiger partial charge in [0.05, 0.1) is 17.9 Å². The molecule has 1 aliphatic rings. The van der Waals surface area contributed by atoms with Crippen LogP contribution in [0.3, 0.4) is 0 Å². The molecule has 1 fully saturated rings. The lowest BCUT2D eigenvalue weighted by atomic mass is 9.77. The molecule has 0 bridgehead atoms. The van der Waals surface area contributed by atoms with Crippen LogP contribution in [0.15, 0.2) is 102 Å². The second-order valence-corrected chi connectivity index (χ2v) is 18.8. The van der Waals surface area contributed by atoms with E-state index in [1.54, 1.807) is 20.0 Å². The number of Topliss-reactive ketones (excluding diaryl/α,β-unsaturated/α-hetero) is 2. The molecule has 66 heavy (non-hydrogen) atoms. The first kappa shape index (κ1) is 53.0. The molecular weight excluding hydrogens is 839 g/mol. The summed E-state index contributed by atoms with van der Waals surface area (Å²) in [5.74, 6) is 3.03. The van der Waals surface area contributed by atoms with Gasteiger partial charge in [0.2, 0.25) is 5.95 Å². The maximum atomic E-state index is 12.4. The number of rotatable bonds is 24. The zero-order valence-corrected chi connectivity index (χ0v) is 42.1. The highest BCUT2D eigenvalue weighted by atomic mass is 32.2. The number of nitrogens with zero attached hydrogens (tertiary/aromatic N) is 3. The summed E-state index contributed by atoms with van der Waals surface area (Å²) in [6.07, 6.45) is 13.4. The zero-order chi connectivity index (χ0) is 48.4. The molecule has 352 valence electrons. The van der Waals surface area contributed by atoms with Crippen molar-refractivity contribution in [2.75, 3.05) is 22.9 Å². The summed E-state index contributed by atoms with van der Waals surface area (Å²) in [6, 6.07) is 22.5. The molecule has 0 radical (unpaired) electrons. The van der Waals surface area contributed by atoms with Crippen molar-refractivity contribution in [3.05, 3.63) is 142 Å². The van der Waals surface area contributed by atoms with E-state index in [-0.39, 0.29) is 22.9 Å². The SMILES string of the molecule is C=C(CC)CCC(C)C(C)=O.C=C(CCCOc1c(C)cc(C(C)(C)c2ccc(OCc3ccnc(NSC)n3)cc2)cc1C#N)C(Nc1ccc(C(C)=O)c(CC(C)CC)c1)=C1CCC1. The Kier molecular flexibility index (Phi) is 20.8. The predicted molar refractivity (Wildman–Crippen MR) is 274 cm³/mol. The Hall–Kier alpha value is -5.66. The van der Waals surface area contributed by atoms with E-state index in [4.69, 9.17) is 9.47 Å². The third-order valence-electron chi connectivity index (χ3n) is 12.7. The molecule has 1 heterocycles. The number of ketones is 2. The number of allylic oxidation sites excluding steroid dienone is 3. The third-order valence-corrected chi connectivity index (χ3v) is 13.1. The lowest BCUT2D eigenvalue weighted by Crippen LogP contribution is -2.19. The minimum atomic E-state index is -0.365. The topological polar surface area (TPSA) is 126 Å². The van der Waals surface area contributed by atoms with Gasteiger partial charge in [-0.3, -0.25) is 14.3 Å². The Morgan fingerprint density at radius 1 is 0.970 bits per heavy atom. The first-order valence-electron chi connectivity index (χ1n) is 23.5. The molecule has 4 aromatic rings. The van der Waals surface area contributed by atoms with Crippen LogP contribution < -0.4 is 19.5 Å². The smallest absolute Gasteiger partial charge is 0.233 e. The van der Waals surface area contributed by atoms with E-state index in [0.29, 0.717) is 36.4 Å². The van der Waals surface area contributed by atoms with Crippen LogP contribution in [0.5, 0.6) is 11.5 Å². The van der Waals surface area contributed by atoms with Gasteiger partial charge in [-0.05, 0) is 160 Å². The van der Waals surface area contributed by atoms with Crippen molar-refractivity contribution in [2.24, 2.45) is 11.8 Å². The van der Waals surface area contributed by atoms with Crippen LogP contribution in [0.2, 0.25) is 0 Å². The maximum Gasteiger partial charge on any atom is 0.233 e. The van der Waals surface area contributed by atoms with Crippen LogP contribution in [0.25, 0.3) is 0 Å². The summed E-state index contributed by atoms with van der Waals surface area (Å²) in [5, 5.41) is 13.9. The van der Waals surface area contributed by atoms with Crippen molar-refractivity contribution in [2.45, 2.75) is 139 Å². The van der Waals surface area contributed by atoms with Gasteiger partial charge < -0.3 is 14.8 Å². The van der Waals surface area contributed by atoms with Gasteiger partial charge in [0.1, 0.15) is 30.0 Å². The van der Waals surface area contributed by atoms with Gasteiger partial charge in [0.15, 0.2) is 5.78 Å². The fraction of sp³-hybridized carbons (Fsp3) is 0.446. The van der Waals surface area contributed by atoms with E-state index in [2.05, 4.69) is 98.1 Å². The first-order chi connectivity index (χ1) is 31.5. The van der Waals surface area contributed by atoms with Crippen LogP contribution in [0.1, 0.15) is 157 Å². The number of benzene rings is 3. The lowest BCUT2D eigenvalue weighted by Gasteiger charge is -2.28. The molecule has 0 aliphatic heterocycles. The average molecular weight is 912 g/mol. The quantitative estimate of drug-likeness (QED) is 0.0304. The number of ether oxygens (including phenoxy) is 2. The van der Waals surface area contributed by atoms with E-state index < -0.39 is 0 Å². The number of hydrogen-bond acceptors (Lipinski definition) is 10. The standard InChI is InChI=1S/C46H55N5O3S.C10H18O/c1-9-30(2)24-35-27-39(17-20-42(35)33(5)52)49-43(34-13-10-14-34)31(3)12-11-23-53-44-32(4)25-38(26-36(44)28-47)46(6,7)37-15-18-41(19-16-37)54-29-40-21-22-48-45(50-40)51-55-8;1-5-8(2)6-7-9(3)10(4)11/h15-22,25-27,30,49H,3,9-14,23-24,29H2,1-2,4-8H3,(H,48,50,51);9H,2,5-7H2,1,3-4H3. The summed E-state index contributed by atoms with van der Waals surface area (Å²) in [4.78, 5) is 31.9. The molecule has 1 saturated carbocycles. The number of carbonyl (C=O) groups is 2. The van der Waals surface area contributed by atoms with Crippen LogP contribution in [0.4, 0.5) is 11.6 Å². The second kappa shape index (κ2) is 25.9. The van der Waals surface area contributed by atoms with Crippen LogP contribution in [-0.4, -0.2) is 34.4 Å². The third kappa shape index (κ3) is 15.5. The number of hydrogen-bond donors (Lipinski definition) is 2. The molecule has 2 N–H and O–H groups in total. The number of carbonyl (C=O) groups excluding carboxylic acids is 2. The fourth-order valence-corrected chi connectivity index (χ4v) is 7.86. The van der Waals surface area contributed by atoms with Gasteiger partial charge in [0.25, 0.3) is 0 Å². The van der Waals surface area contributed by atoms with Gasteiger partial charge in [-0.25, -0.2) is 9.97 Å². The Balaban J connectivity index is 0.000000765. The van der Waals surface area contributed by atoms with Crippen molar-refractivity contribution < 1.29 is 19.1 Å². The van der Waals surface area contributed by atoms with Gasteiger partial charge >= 0.3 is 0 Å². The van der Waals surface area contributed by atoms with Crippen molar-refractivity contribution in [1.29, 1.82) is 5.26 Å². The molecule has 9 nitrogen and oxygen atoms in total. The van der Waals surface area contributed by atoms with Crippen LogP contribution in [-0.2, 0) is 23.2 Å². The highest BCUT2D eigenvalue weighted by molar-refractivity contribution is 7.99. The van der Waals surface area contributed by atoms with Gasteiger partial charge in [-0.1, -0.05) is 96.8 Å². The van der Waals surface area contributed by atoms with Gasteiger partial charge in [-0.2, -0.15) is 5.26 Å². The summed E-state index contributed by atoms with van der Waals surface area (Å²) in [5.41, 5.74) is 11.7. The molecule has 0 spiro atoms. The fourth-order valence-electron chi connectivity index (χ4n) is 7.58.